The summed E-state index contributed by atoms with van der Waals surface area (Å²) in [6, 6.07) is 16.8. The number of carbonyl (C=O) groups is 1. The maximum atomic E-state index is 12.1. The van der Waals surface area contributed by atoms with E-state index >= 15 is 0 Å². The van der Waals surface area contributed by atoms with Crippen molar-refractivity contribution in [3.05, 3.63) is 89.5 Å². The van der Waals surface area contributed by atoms with Crippen LogP contribution in [-0.2, 0) is 30.7 Å². The summed E-state index contributed by atoms with van der Waals surface area (Å²) in [6.45, 7) is 3.52. The second-order valence-electron chi connectivity index (χ2n) is 6.50. The normalized spacial score (nSPS) is 10.7. The van der Waals surface area contributed by atoms with Crippen LogP contribution in [0.25, 0.3) is 0 Å². The van der Waals surface area contributed by atoms with Crippen molar-refractivity contribution < 1.29 is 4.79 Å². The molecule has 0 atom stereocenters. The van der Waals surface area contributed by atoms with Crippen LogP contribution in [0.15, 0.2) is 67.3 Å². The third-order valence-corrected chi connectivity index (χ3v) is 4.51. The first-order chi connectivity index (χ1) is 12.7. The number of benzene rings is 2. The molecule has 1 aromatic heterocycles. The summed E-state index contributed by atoms with van der Waals surface area (Å²) in [7, 11) is 0. The van der Waals surface area contributed by atoms with Gasteiger partial charge in [0.05, 0.1) is 6.33 Å². The molecule has 1 amide bonds. The molecule has 0 bridgehead atoms. The van der Waals surface area contributed by atoms with E-state index in [1.165, 1.54) is 16.7 Å². The minimum Gasteiger partial charge on any atom is -0.352 e. The van der Waals surface area contributed by atoms with Crippen molar-refractivity contribution >= 4 is 5.91 Å². The zero-order valence-electron chi connectivity index (χ0n) is 15.2. The van der Waals surface area contributed by atoms with Gasteiger partial charge in [-0.1, -0.05) is 55.5 Å². The smallest absolute Gasteiger partial charge is 0.220 e. The molecule has 0 aliphatic heterocycles. The standard InChI is InChI=1S/C22H25N3O/c1-2-18-3-5-19(6-4-18)11-12-22(26)24-15-20-7-9-21(10-8-20)16-25-14-13-23-17-25/h3-10,13-14,17H,2,11-12,15-16H2,1H3,(H,24,26). The second-order valence-corrected chi connectivity index (χ2v) is 6.50. The Morgan fingerprint density at radius 3 is 2.27 bits per heavy atom. The number of nitrogens with one attached hydrogen (secondary N) is 1. The Hall–Kier alpha value is -2.88. The van der Waals surface area contributed by atoms with Gasteiger partial charge in [0.15, 0.2) is 0 Å². The van der Waals surface area contributed by atoms with Gasteiger partial charge in [-0.15, -0.1) is 0 Å². The molecule has 3 rings (SSSR count). The number of amides is 1. The largest absolute Gasteiger partial charge is 0.352 e. The van der Waals surface area contributed by atoms with E-state index in [4.69, 9.17) is 0 Å². The molecule has 0 radical (unpaired) electrons. The van der Waals surface area contributed by atoms with Crippen molar-refractivity contribution in [1.29, 1.82) is 0 Å². The predicted octanol–water partition coefficient (Wildman–Crippen LogP) is 3.74. The number of rotatable bonds is 8. The average molecular weight is 347 g/mol. The number of carbonyl (C=O) groups excluding carboxylic acids is 1. The van der Waals surface area contributed by atoms with Crippen LogP contribution < -0.4 is 5.32 Å². The molecule has 0 unspecified atom stereocenters. The van der Waals surface area contributed by atoms with Crippen molar-refractivity contribution in [2.45, 2.75) is 39.3 Å². The number of hydrogen-bond acceptors (Lipinski definition) is 2. The van der Waals surface area contributed by atoms with E-state index in [9.17, 15) is 4.79 Å². The Labute approximate surface area is 154 Å². The van der Waals surface area contributed by atoms with E-state index < -0.39 is 0 Å². The van der Waals surface area contributed by atoms with Gasteiger partial charge in [-0.25, -0.2) is 4.98 Å². The highest BCUT2D eigenvalue weighted by molar-refractivity contribution is 5.76. The van der Waals surface area contributed by atoms with Gasteiger partial charge in [-0.3, -0.25) is 4.79 Å². The molecular formula is C22H25N3O. The van der Waals surface area contributed by atoms with Crippen molar-refractivity contribution in [2.75, 3.05) is 0 Å². The van der Waals surface area contributed by atoms with Gasteiger partial charge >= 0.3 is 0 Å². The Kier molecular flexibility index (Phi) is 6.20. The Morgan fingerprint density at radius 1 is 0.962 bits per heavy atom. The summed E-state index contributed by atoms with van der Waals surface area (Å²) in [5, 5.41) is 3.00. The minimum absolute atomic E-state index is 0.0899. The monoisotopic (exact) mass is 347 g/mol. The molecule has 0 fully saturated rings. The maximum Gasteiger partial charge on any atom is 0.220 e. The summed E-state index contributed by atoms with van der Waals surface area (Å²) in [5.41, 5.74) is 4.87. The van der Waals surface area contributed by atoms with Crippen LogP contribution in [0.5, 0.6) is 0 Å². The van der Waals surface area contributed by atoms with E-state index in [1.807, 2.05) is 17.1 Å². The Bertz CT molecular complexity index is 806. The number of aromatic nitrogens is 2. The summed E-state index contributed by atoms with van der Waals surface area (Å²) >= 11 is 0. The fraction of sp³-hybridized carbons (Fsp3) is 0.273. The van der Waals surface area contributed by atoms with Gasteiger partial charge in [0.25, 0.3) is 0 Å². The van der Waals surface area contributed by atoms with Gasteiger partial charge in [-0.05, 0) is 35.1 Å². The average Bonchev–Trinajstić information content (AvgIpc) is 3.19. The van der Waals surface area contributed by atoms with E-state index in [-0.39, 0.29) is 5.91 Å². The Morgan fingerprint density at radius 2 is 1.62 bits per heavy atom. The fourth-order valence-electron chi connectivity index (χ4n) is 2.84. The van der Waals surface area contributed by atoms with Crippen LogP contribution in [0.2, 0.25) is 0 Å². The van der Waals surface area contributed by atoms with Crippen LogP contribution in [0.4, 0.5) is 0 Å². The maximum absolute atomic E-state index is 12.1. The predicted molar refractivity (Wildman–Crippen MR) is 104 cm³/mol. The summed E-state index contributed by atoms with van der Waals surface area (Å²) in [4.78, 5) is 16.1. The highest BCUT2D eigenvalue weighted by Crippen LogP contribution is 2.08. The van der Waals surface area contributed by atoms with E-state index in [0.29, 0.717) is 13.0 Å². The lowest BCUT2D eigenvalue weighted by molar-refractivity contribution is -0.121. The van der Waals surface area contributed by atoms with Crippen LogP contribution in [-0.4, -0.2) is 15.5 Å². The van der Waals surface area contributed by atoms with Gasteiger partial charge in [0.1, 0.15) is 0 Å². The molecule has 0 aliphatic carbocycles. The van der Waals surface area contributed by atoms with Crippen LogP contribution in [0.3, 0.4) is 0 Å². The molecule has 0 saturated heterocycles. The topological polar surface area (TPSA) is 46.9 Å². The highest BCUT2D eigenvalue weighted by atomic mass is 16.1. The molecule has 134 valence electrons. The molecule has 2 aromatic carbocycles. The van der Waals surface area contributed by atoms with Gasteiger partial charge in [0.2, 0.25) is 5.91 Å². The van der Waals surface area contributed by atoms with Gasteiger partial charge in [0, 0.05) is 31.9 Å². The van der Waals surface area contributed by atoms with Crippen LogP contribution >= 0.6 is 0 Å². The molecule has 1 heterocycles. The van der Waals surface area contributed by atoms with Crippen molar-refractivity contribution in [3.63, 3.8) is 0 Å². The first-order valence-corrected chi connectivity index (χ1v) is 9.11. The number of imidazole rings is 1. The van der Waals surface area contributed by atoms with Crippen molar-refractivity contribution in [3.8, 4) is 0 Å². The highest BCUT2D eigenvalue weighted by Gasteiger charge is 2.03. The molecular weight excluding hydrogens is 322 g/mol. The lowest BCUT2D eigenvalue weighted by Crippen LogP contribution is -2.23. The minimum atomic E-state index is 0.0899. The quantitative estimate of drug-likeness (QED) is 0.675. The molecule has 0 spiro atoms. The molecule has 4 nitrogen and oxygen atoms in total. The number of hydrogen-bond donors (Lipinski definition) is 1. The molecule has 0 aliphatic rings. The summed E-state index contributed by atoms with van der Waals surface area (Å²) in [6.07, 6.45) is 7.88. The van der Waals surface area contributed by atoms with Crippen molar-refractivity contribution in [1.82, 2.24) is 14.9 Å². The van der Waals surface area contributed by atoms with E-state index in [1.54, 1.807) is 6.20 Å². The zero-order valence-corrected chi connectivity index (χ0v) is 15.2. The van der Waals surface area contributed by atoms with E-state index in [2.05, 4.69) is 65.8 Å². The fourth-order valence-corrected chi connectivity index (χ4v) is 2.84. The first kappa shape index (κ1) is 17.9. The van der Waals surface area contributed by atoms with Crippen molar-refractivity contribution in [2.24, 2.45) is 0 Å². The van der Waals surface area contributed by atoms with Crippen LogP contribution in [0, 0.1) is 0 Å². The molecule has 1 N–H and O–H groups in total. The lowest BCUT2D eigenvalue weighted by atomic mass is 10.1. The van der Waals surface area contributed by atoms with Gasteiger partial charge in [-0.2, -0.15) is 0 Å². The third kappa shape index (κ3) is 5.31. The zero-order chi connectivity index (χ0) is 18.2. The molecule has 3 aromatic rings. The lowest BCUT2D eigenvalue weighted by Gasteiger charge is -2.08. The first-order valence-electron chi connectivity index (χ1n) is 9.11. The van der Waals surface area contributed by atoms with Gasteiger partial charge < -0.3 is 9.88 Å². The SMILES string of the molecule is CCc1ccc(CCC(=O)NCc2ccc(Cn3ccnc3)cc2)cc1. The van der Waals surface area contributed by atoms with E-state index in [0.717, 1.165) is 24.9 Å². The summed E-state index contributed by atoms with van der Waals surface area (Å²) in [5.74, 6) is 0.0899. The Balaban J connectivity index is 1.42. The third-order valence-electron chi connectivity index (χ3n) is 4.51. The second kappa shape index (κ2) is 8.99. The molecule has 4 heteroatoms. The number of nitrogens with zero attached hydrogens (tertiary/aromatic N) is 2. The van der Waals surface area contributed by atoms with Crippen LogP contribution in [0.1, 0.15) is 35.6 Å². The molecule has 26 heavy (non-hydrogen) atoms. The summed E-state index contributed by atoms with van der Waals surface area (Å²) < 4.78 is 2.03. The number of aryl methyl sites for hydroxylation is 2. The molecule has 0 saturated carbocycles.